The number of benzene rings is 1. The van der Waals surface area contributed by atoms with Crippen molar-refractivity contribution in [2.75, 3.05) is 6.61 Å². The van der Waals surface area contributed by atoms with Crippen LogP contribution in [0.4, 0.5) is 0 Å². The number of fused-ring (bicyclic) bond motifs is 1. The molecule has 0 heterocycles. The molecule has 1 aromatic carbocycles. The van der Waals surface area contributed by atoms with Crippen molar-refractivity contribution < 1.29 is 4.74 Å². The van der Waals surface area contributed by atoms with Crippen molar-refractivity contribution in [3.63, 3.8) is 0 Å². The molecule has 0 bridgehead atoms. The van der Waals surface area contributed by atoms with Crippen LogP contribution in [0.1, 0.15) is 24.2 Å². The lowest BCUT2D eigenvalue weighted by Crippen LogP contribution is -2.26. The molecule has 1 aromatic rings. The fourth-order valence-electron chi connectivity index (χ4n) is 1.98. The Labute approximate surface area is 78.7 Å². The largest absolute Gasteiger partial charge is 0.372 e. The van der Waals surface area contributed by atoms with Gasteiger partial charge in [0, 0.05) is 12.6 Å². The monoisotopic (exact) mass is 177 g/mol. The van der Waals surface area contributed by atoms with Crippen molar-refractivity contribution in [3.8, 4) is 0 Å². The van der Waals surface area contributed by atoms with E-state index in [0.29, 0.717) is 0 Å². The van der Waals surface area contributed by atoms with E-state index in [2.05, 4.69) is 18.2 Å². The lowest BCUT2D eigenvalue weighted by Gasteiger charge is -2.16. The van der Waals surface area contributed by atoms with Crippen LogP contribution >= 0.6 is 0 Å². The normalized spacial score (nSPS) is 26.0. The predicted octanol–water partition coefficient (Wildman–Crippen LogP) is 1.65. The van der Waals surface area contributed by atoms with E-state index < -0.39 is 0 Å². The van der Waals surface area contributed by atoms with Gasteiger partial charge in [0.15, 0.2) is 0 Å². The molecule has 2 atom stereocenters. The summed E-state index contributed by atoms with van der Waals surface area (Å²) in [6.07, 6.45) is 1.06. The number of hydrogen-bond acceptors (Lipinski definition) is 2. The Bertz CT molecular complexity index is 298. The molecule has 0 radical (unpaired) electrons. The lowest BCUT2D eigenvalue weighted by molar-refractivity contribution is 0.0518. The molecule has 0 saturated carbocycles. The summed E-state index contributed by atoms with van der Waals surface area (Å²) < 4.78 is 5.62. The molecular formula is C11H15NO. The maximum absolute atomic E-state index is 5.99. The summed E-state index contributed by atoms with van der Waals surface area (Å²) in [7, 11) is 0. The molecule has 2 nitrogen and oxygen atoms in total. The van der Waals surface area contributed by atoms with E-state index in [4.69, 9.17) is 10.5 Å². The Morgan fingerprint density at radius 1 is 1.46 bits per heavy atom. The summed E-state index contributed by atoms with van der Waals surface area (Å²) in [5.41, 5.74) is 8.61. The Morgan fingerprint density at radius 3 is 3.00 bits per heavy atom. The second-order valence-electron chi connectivity index (χ2n) is 3.44. The van der Waals surface area contributed by atoms with Gasteiger partial charge in [0.2, 0.25) is 0 Å². The lowest BCUT2D eigenvalue weighted by atomic mass is 10.1. The van der Waals surface area contributed by atoms with Crippen LogP contribution in [0.25, 0.3) is 0 Å². The highest BCUT2D eigenvalue weighted by molar-refractivity contribution is 5.35. The summed E-state index contributed by atoms with van der Waals surface area (Å²) in [6.45, 7) is 2.74. The molecule has 2 heteroatoms. The van der Waals surface area contributed by atoms with Gasteiger partial charge >= 0.3 is 0 Å². The van der Waals surface area contributed by atoms with Crippen molar-refractivity contribution in [1.82, 2.24) is 0 Å². The quantitative estimate of drug-likeness (QED) is 0.745. The molecule has 0 aromatic heterocycles. The average molecular weight is 177 g/mol. The molecule has 0 saturated heterocycles. The fraction of sp³-hybridized carbons (Fsp3) is 0.455. The van der Waals surface area contributed by atoms with E-state index >= 15 is 0 Å². The van der Waals surface area contributed by atoms with Crippen molar-refractivity contribution in [2.24, 2.45) is 5.73 Å². The van der Waals surface area contributed by atoms with Gasteiger partial charge in [-0.3, -0.25) is 0 Å². The van der Waals surface area contributed by atoms with Gasteiger partial charge < -0.3 is 10.5 Å². The second-order valence-corrected chi connectivity index (χ2v) is 3.44. The molecule has 2 rings (SSSR count). The standard InChI is InChI=1S/C11H15NO/c1-2-13-11-9-6-4-3-5-8(9)7-10(11)12/h3-6,10-11H,2,7,12H2,1H3/t10?,11-/m0/s1. The molecule has 70 valence electrons. The van der Waals surface area contributed by atoms with E-state index in [1.807, 2.05) is 13.0 Å². The van der Waals surface area contributed by atoms with Crippen LogP contribution in [-0.2, 0) is 11.2 Å². The first-order valence-electron chi connectivity index (χ1n) is 4.78. The third-order valence-electron chi connectivity index (χ3n) is 2.55. The summed E-state index contributed by atoms with van der Waals surface area (Å²) >= 11 is 0. The molecule has 13 heavy (non-hydrogen) atoms. The van der Waals surface area contributed by atoms with Crippen molar-refractivity contribution in [2.45, 2.75) is 25.5 Å². The third-order valence-corrected chi connectivity index (χ3v) is 2.55. The van der Waals surface area contributed by atoms with Gasteiger partial charge in [0.1, 0.15) is 0 Å². The molecule has 0 amide bonds. The van der Waals surface area contributed by atoms with Crippen LogP contribution in [0, 0.1) is 0 Å². The maximum Gasteiger partial charge on any atom is 0.0981 e. The number of rotatable bonds is 2. The van der Waals surface area contributed by atoms with E-state index in [0.717, 1.165) is 13.0 Å². The summed E-state index contributed by atoms with van der Waals surface area (Å²) in [5.74, 6) is 0. The van der Waals surface area contributed by atoms with Crippen molar-refractivity contribution >= 4 is 0 Å². The number of nitrogens with two attached hydrogens (primary N) is 1. The minimum Gasteiger partial charge on any atom is -0.372 e. The summed E-state index contributed by atoms with van der Waals surface area (Å²) in [4.78, 5) is 0. The highest BCUT2D eigenvalue weighted by atomic mass is 16.5. The van der Waals surface area contributed by atoms with Gasteiger partial charge in [-0.1, -0.05) is 24.3 Å². The molecule has 1 unspecified atom stereocenters. The molecule has 0 spiro atoms. The van der Waals surface area contributed by atoms with Gasteiger partial charge in [0.05, 0.1) is 6.10 Å². The Hall–Kier alpha value is -0.860. The van der Waals surface area contributed by atoms with Gasteiger partial charge in [-0.05, 0) is 24.5 Å². The molecule has 1 aliphatic carbocycles. The van der Waals surface area contributed by atoms with Crippen LogP contribution in [0.5, 0.6) is 0 Å². The first-order chi connectivity index (χ1) is 6.33. The minimum absolute atomic E-state index is 0.112. The third kappa shape index (κ3) is 1.47. The Kier molecular flexibility index (Phi) is 2.34. The zero-order chi connectivity index (χ0) is 9.26. The van der Waals surface area contributed by atoms with Crippen LogP contribution in [0.15, 0.2) is 24.3 Å². The molecule has 2 N–H and O–H groups in total. The highest BCUT2D eigenvalue weighted by Gasteiger charge is 2.29. The topological polar surface area (TPSA) is 35.2 Å². The van der Waals surface area contributed by atoms with E-state index in [1.54, 1.807) is 0 Å². The van der Waals surface area contributed by atoms with Crippen molar-refractivity contribution in [1.29, 1.82) is 0 Å². The maximum atomic E-state index is 5.99. The Morgan fingerprint density at radius 2 is 2.23 bits per heavy atom. The summed E-state index contributed by atoms with van der Waals surface area (Å²) in [6, 6.07) is 8.48. The first kappa shape index (κ1) is 8.73. The van der Waals surface area contributed by atoms with E-state index in [-0.39, 0.29) is 12.1 Å². The molecule has 0 aliphatic heterocycles. The van der Waals surface area contributed by atoms with Gasteiger partial charge in [-0.2, -0.15) is 0 Å². The van der Waals surface area contributed by atoms with Crippen molar-refractivity contribution in [3.05, 3.63) is 35.4 Å². The molecular weight excluding hydrogens is 162 g/mol. The van der Waals surface area contributed by atoms with Crippen LogP contribution in [0.3, 0.4) is 0 Å². The van der Waals surface area contributed by atoms with Crippen LogP contribution in [0.2, 0.25) is 0 Å². The van der Waals surface area contributed by atoms with E-state index in [1.165, 1.54) is 11.1 Å². The second kappa shape index (κ2) is 3.48. The van der Waals surface area contributed by atoms with Crippen LogP contribution < -0.4 is 5.73 Å². The average Bonchev–Trinajstić information content (AvgIpc) is 2.44. The first-order valence-corrected chi connectivity index (χ1v) is 4.78. The smallest absolute Gasteiger partial charge is 0.0981 e. The predicted molar refractivity (Wildman–Crippen MR) is 52.5 cm³/mol. The Balaban J connectivity index is 2.29. The number of ether oxygens (including phenoxy) is 1. The zero-order valence-corrected chi connectivity index (χ0v) is 7.86. The SMILES string of the molecule is CCO[C@H]1c2ccccc2CC1N. The fourth-order valence-corrected chi connectivity index (χ4v) is 1.98. The molecule has 1 aliphatic rings. The summed E-state index contributed by atoms with van der Waals surface area (Å²) in [5, 5.41) is 0. The molecule has 0 fully saturated rings. The van der Waals surface area contributed by atoms with Crippen LogP contribution in [-0.4, -0.2) is 12.6 Å². The number of hydrogen-bond donors (Lipinski definition) is 1. The highest BCUT2D eigenvalue weighted by Crippen LogP contribution is 2.32. The van der Waals surface area contributed by atoms with Gasteiger partial charge in [-0.25, -0.2) is 0 Å². The van der Waals surface area contributed by atoms with E-state index in [9.17, 15) is 0 Å². The van der Waals surface area contributed by atoms with Gasteiger partial charge in [-0.15, -0.1) is 0 Å². The van der Waals surface area contributed by atoms with Gasteiger partial charge in [0.25, 0.3) is 0 Å². The minimum atomic E-state index is 0.112. The zero-order valence-electron chi connectivity index (χ0n) is 7.86.